The zero-order chi connectivity index (χ0) is 25.7. The smallest absolute Gasteiger partial charge is 0.240 e. The van der Waals surface area contributed by atoms with Crippen LogP contribution in [0, 0.1) is 0 Å². The Hall–Kier alpha value is -1.89. The minimum atomic E-state index is -0.0817. The van der Waals surface area contributed by atoms with Gasteiger partial charge < -0.3 is 0 Å². The number of carbonyl (C=O) groups excluding carboxylic acids is 2. The van der Waals surface area contributed by atoms with E-state index in [4.69, 9.17) is 0 Å². The molecule has 2 N–H and O–H groups in total. The first-order valence-electron chi connectivity index (χ1n) is 13.6. The van der Waals surface area contributed by atoms with Crippen LogP contribution in [0.2, 0.25) is 0 Å². The summed E-state index contributed by atoms with van der Waals surface area (Å²) in [6.45, 7) is 7.48. The van der Waals surface area contributed by atoms with Crippen LogP contribution in [0.5, 0.6) is 0 Å². The summed E-state index contributed by atoms with van der Waals surface area (Å²) in [6, 6.07) is 0. The van der Waals surface area contributed by atoms with Gasteiger partial charge in [0.25, 0.3) is 0 Å². The Morgan fingerprint density at radius 1 is 0.571 bits per heavy atom. The Kier molecular flexibility index (Phi) is 26.8. The van der Waals surface area contributed by atoms with E-state index in [9.17, 15) is 9.59 Å². The molecule has 0 atom stereocenters. The molecule has 0 aliphatic rings. The van der Waals surface area contributed by atoms with Crippen LogP contribution in [-0.2, 0) is 9.59 Å². The molecule has 0 saturated carbocycles. The van der Waals surface area contributed by atoms with E-state index in [1.54, 1.807) is 24.2 Å². The second-order valence-corrected chi connectivity index (χ2v) is 10.0. The summed E-state index contributed by atoms with van der Waals surface area (Å²) in [5.41, 5.74) is 5.15. The highest BCUT2D eigenvalue weighted by atomic mass is 32.2. The van der Waals surface area contributed by atoms with E-state index < -0.39 is 0 Å². The topological polar surface area (TPSA) is 82.9 Å². The molecule has 0 radical (unpaired) electrons. The van der Waals surface area contributed by atoms with Crippen LogP contribution in [0.15, 0.2) is 35.5 Å². The number of unbranched alkanes of at least 4 members (excludes halogenated alkanes) is 14. The number of carbonyl (C=O) groups is 2. The maximum Gasteiger partial charge on any atom is 0.240 e. The van der Waals surface area contributed by atoms with Gasteiger partial charge in [-0.1, -0.05) is 63.5 Å². The van der Waals surface area contributed by atoms with Gasteiger partial charge in [-0.2, -0.15) is 22.0 Å². The minimum Gasteiger partial charge on any atom is -0.273 e. The summed E-state index contributed by atoms with van der Waals surface area (Å²) < 4.78 is 0. The Morgan fingerprint density at radius 2 is 0.914 bits per heavy atom. The lowest BCUT2D eigenvalue weighted by Crippen LogP contribution is -2.19. The molecule has 0 spiro atoms. The van der Waals surface area contributed by atoms with E-state index in [2.05, 4.69) is 34.2 Å². The van der Waals surface area contributed by atoms with Crippen molar-refractivity contribution in [3.63, 3.8) is 0 Å². The van der Waals surface area contributed by atoms with Crippen LogP contribution in [0.1, 0.15) is 116 Å². The van der Waals surface area contributed by atoms with Gasteiger partial charge in [-0.15, -0.1) is 13.2 Å². The molecular formula is C28H50N4O2S. The Balaban J connectivity index is 3.42. The van der Waals surface area contributed by atoms with Crippen molar-refractivity contribution < 1.29 is 9.59 Å². The zero-order valence-corrected chi connectivity index (χ0v) is 22.8. The van der Waals surface area contributed by atoms with Crippen molar-refractivity contribution in [1.29, 1.82) is 0 Å². The number of nitrogens with one attached hydrogen (secondary N) is 2. The fourth-order valence-electron chi connectivity index (χ4n) is 3.37. The fraction of sp³-hybridized carbons (Fsp3) is 0.714. The first-order chi connectivity index (χ1) is 17.2. The zero-order valence-electron chi connectivity index (χ0n) is 22.0. The summed E-state index contributed by atoms with van der Waals surface area (Å²) in [7, 11) is 0. The van der Waals surface area contributed by atoms with E-state index in [0.29, 0.717) is 24.3 Å². The van der Waals surface area contributed by atoms with Crippen LogP contribution in [0.4, 0.5) is 0 Å². The molecule has 0 fully saturated rings. The highest BCUT2D eigenvalue weighted by molar-refractivity contribution is 7.99. The molecule has 35 heavy (non-hydrogen) atoms. The highest BCUT2D eigenvalue weighted by Gasteiger charge is 2.02. The number of hydrazone groups is 2. The Morgan fingerprint density at radius 3 is 1.29 bits per heavy atom. The Labute approximate surface area is 218 Å². The summed E-state index contributed by atoms with van der Waals surface area (Å²) in [5, 5.41) is 8.02. The molecule has 0 aliphatic heterocycles. The van der Waals surface area contributed by atoms with Crippen LogP contribution in [-0.4, -0.2) is 35.7 Å². The van der Waals surface area contributed by atoms with Crippen LogP contribution in [0.25, 0.3) is 0 Å². The molecule has 0 aromatic carbocycles. The summed E-state index contributed by atoms with van der Waals surface area (Å²) in [6.07, 6.45) is 27.2. The van der Waals surface area contributed by atoms with E-state index in [-0.39, 0.29) is 11.8 Å². The number of amides is 2. The van der Waals surface area contributed by atoms with E-state index in [1.165, 1.54) is 64.2 Å². The van der Waals surface area contributed by atoms with Crippen LogP contribution < -0.4 is 10.9 Å². The van der Waals surface area contributed by atoms with Crippen molar-refractivity contribution in [3.8, 4) is 0 Å². The van der Waals surface area contributed by atoms with Gasteiger partial charge in [-0.3, -0.25) is 9.59 Å². The number of hydrogen-bond acceptors (Lipinski definition) is 5. The van der Waals surface area contributed by atoms with Gasteiger partial charge in [0, 0.05) is 36.8 Å². The molecule has 0 aliphatic carbocycles. The first-order valence-corrected chi connectivity index (χ1v) is 14.8. The first kappa shape index (κ1) is 33.1. The maximum absolute atomic E-state index is 11.8. The largest absolute Gasteiger partial charge is 0.273 e. The van der Waals surface area contributed by atoms with Crippen molar-refractivity contribution in [2.45, 2.75) is 116 Å². The minimum absolute atomic E-state index is 0.0817. The van der Waals surface area contributed by atoms with E-state index in [1.807, 2.05) is 12.2 Å². The second kappa shape index (κ2) is 28.3. The number of nitrogens with zero attached hydrogens (tertiary/aromatic N) is 2. The molecule has 2 amide bonds. The monoisotopic (exact) mass is 506 g/mol. The molecule has 0 bridgehead atoms. The molecule has 200 valence electrons. The van der Waals surface area contributed by atoms with Crippen molar-refractivity contribution in [2.75, 3.05) is 11.5 Å². The van der Waals surface area contributed by atoms with Crippen molar-refractivity contribution in [2.24, 2.45) is 10.2 Å². The second-order valence-electron chi connectivity index (χ2n) is 8.78. The van der Waals surface area contributed by atoms with Gasteiger partial charge in [0.15, 0.2) is 0 Å². The molecule has 0 saturated heterocycles. The van der Waals surface area contributed by atoms with Crippen molar-refractivity contribution >= 4 is 36.0 Å². The van der Waals surface area contributed by atoms with Crippen LogP contribution >= 0.6 is 11.8 Å². The fourth-order valence-corrected chi connectivity index (χ4v) is 4.23. The predicted octanol–water partition coefficient (Wildman–Crippen LogP) is 7.32. The van der Waals surface area contributed by atoms with Gasteiger partial charge in [0.2, 0.25) is 11.8 Å². The number of rotatable bonds is 26. The lowest BCUT2D eigenvalue weighted by molar-refractivity contribution is -0.121. The molecule has 7 heteroatoms. The number of hydrogen-bond donors (Lipinski definition) is 2. The van der Waals surface area contributed by atoms with Crippen molar-refractivity contribution in [3.05, 3.63) is 25.3 Å². The summed E-state index contributed by atoms with van der Waals surface area (Å²) in [4.78, 5) is 23.6. The maximum atomic E-state index is 11.8. The Bertz CT molecular complexity index is 544. The molecule has 0 unspecified atom stereocenters. The third-order valence-corrected chi connectivity index (χ3v) is 6.48. The van der Waals surface area contributed by atoms with Gasteiger partial charge in [0.05, 0.1) is 0 Å². The van der Waals surface area contributed by atoms with Crippen molar-refractivity contribution in [1.82, 2.24) is 10.9 Å². The van der Waals surface area contributed by atoms with Gasteiger partial charge in [-0.25, -0.2) is 10.9 Å². The normalized spacial score (nSPS) is 11.2. The SMILES string of the molecule is C=CCCCCCCCCC=NNC(=O)CCSCCC(=O)NN=CCCCCCCCCC=C. The average Bonchev–Trinajstić information content (AvgIpc) is 2.85. The third kappa shape index (κ3) is 28.2. The lowest BCUT2D eigenvalue weighted by atomic mass is 10.1. The standard InChI is InChI=1S/C28H50N4O2S/c1-3-5-7-9-11-13-15-17-19-23-29-31-27(33)21-25-35-26-22-28(34)32-30-24-20-18-16-14-12-10-8-6-4-2/h3-4,23-24H,1-2,5-22,25-26H2,(H,31,33)(H,32,34). The quantitative estimate of drug-likeness (QED) is 0.0558. The highest BCUT2D eigenvalue weighted by Crippen LogP contribution is 2.09. The predicted molar refractivity (Wildman–Crippen MR) is 154 cm³/mol. The molecule has 0 rings (SSSR count). The molecule has 0 aromatic heterocycles. The van der Waals surface area contributed by atoms with Crippen LogP contribution in [0.3, 0.4) is 0 Å². The lowest BCUT2D eigenvalue weighted by Gasteiger charge is -2.02. The van der Waals surface area contributed by atoms with Gasteiger partial charge >= 0.3 is 0 Å². The van der Waals surface area contributed by atoms with Gasteiger partial charge in [-0.05, 0) is 51.4 Å². The number of allylic oxidation sites excluding steroid dienone is 2. The summed E-state index contributed by atoms with van der Waals surface area (Å²) in [5.74, 6) is 1.19. The third-order valence-electron chi connectivity index (χ3n) is 5.49. The molecule has 0 heterocycles. The molecule has 6 nitrogen and oxygen atoms in total. The van der Waals surface area contributed by atoms with Gasteiger partial charge in [0.1, 0.15) is 0 Å². The average molecular weight is 507 g/mol. The van der Waals surface area contributed by atoms with E-state index >= 15 is 0 Å². The summed E-state index contributed by atoms with van der Waals surface area (Å²) >= 11 is 1.59. The number of thioether (sulfide) groups is 1. The molecule has 0 aromatic rings. The van der Waals surface area contributed by atoms with E-state index in [0.717, 1.165) is 38.5 Å². The molecular weight excluding hydrogens is 456 g/mol.